The van der Waals surface area contributed by atoms with Crippen LogP contribution in [-0.4, -0.2) is 52.6 Å². The summed E-state index contributed by atoms with van der Waals surface area (Å²) in [5.41, 5.74) is 2.03. The lowest BCUT2D eigenvalue weighted by Gasteiger charge is -2.32. The average molecular weight is 269 g/mol. The molecule has 2 aromatic rings. The molecule has 5 nitrogen and oxygen atoms in total. The number of hydrogen-bond donors (Lipinski definition) is 0. The molecule has 104 valence electrons. The monoisotopic (exact) mass is 269 g/mol. The van der Waals surface area contributed by atoms with E-state index in [9.17, 15) is 0 Å². The van der Waals surface area contributed by atoms with Crippen molar-refractivity contribution in [1.82, 2.24) is 19.4 Å². The SMILES string of the molecule is CN1CCN(Cc2nc3ccccc3n2CC#N)CC1. The predicted molar refractivity (Wildman–Crippen MR) is 78.1 cm³/mol. The maximum atomic E-state index is 9.04. The third-order valence-corrected chi connectivity index (χ3v) is 3.92. The smallest absolute Gasteiger partial charge is 0.125 e. The van der Waals surface area contributed by atoms with Gasteiger partial charge in [0.05, 0.1) is 23.6 Å². The van der Waals surface area contributed by atoms with Crippen LogP contribution in [0.15, 0.2) is 24.3 Å². The minimum Gasteiger partial charge on any atom is -0.313 e. The van der Waals surface area contributed by atoms with E-state index in [1.165, 1.54) is 0 Å². The molecule has 2 heterocycles. The summed E-state index contributed by atoms with van der Waals surface area (Å²) >= 11 is 0. The molecule has 0 saturated carbocycles. The van der Waals surface area contributed by atoms with E-state index in [1.807, 2.05) is 28.8 Å². The highest BCUT2D eigenvalue weighted by Gasteiger charge is 2.17. The Bertz CT molecular complexity index is 631. The molecule has 0 atom stereocenters. The summed E-state index contributed by atoms with van der Waals surface area (Å²) in [6, 6.07) is 10.3. The Morgan fingerprint density at radius 3 is 2.70 bits per heavy atom. The molecular formula is C15H19N5. The number of piperazine rings is 1. The van der Waals surface area contributed by atoms with Gasteiger partial charge < -0.3 is 9.47 Å². The Hall–Kier alpha value is -1.90. The van der Waals surface area contributed by atoms with Crippen LogP contribution in [0.2, 0.25) is 0 Å². The lowest BCUT2D eigenvalue weighted by Crippen LogP contribution is -2.44. The lowest BCUT2D eigenvalue weighted by atomic mass is 10.3. The van der Waals surface area contributed by atoms with Crippen LogP contribution in [-0.2, 0) is 13.1 Å². The molecule has 0 aliphatic carbocycles. The second kappa shape index (κ2) is 5.61. The van der Waals surface area contributed by atoms with Crippen molar-refractivity contribution in [3.63, 3.8) is 0 Å². The third kappa shape index (κ3) is 2.53. The number of benzene rings is 1. The minimum atomic E-state index is 0.365. The maximum absolute atomic E-state index is 9.04. The summed E-state index contributed by atoms with van der Waals surface area (Å²) in [7, 11) is 2.16. The Balaban J connectivity index is 1.87. The first-order valence-electron chi connectivity index (χ1n) is 7.00. The summed E-state index contributed by atoms with van der Waals surface area (Å²) in [5.74, 6) is 0.998. The van der Waals surface area contributed by atoms with E-state index in [-0.39, 0.29) is 0 Å². The van der Waals surface area contributed by atoms with Gasteiger partial charge in [-0.1, -0.05) is 12.1 Å². The van der Waals surface area contributed by atoms with Crippen LogP contribution >= 0.6 is 0 Å². The maximum Gasteiger partial charge on any atom is 0.125 e. The molecule has 0 spiro atoms. The molecule has 0 radical (unpaired) electrons. The van der Waals surface area contributed by atoms with E-state index in [0.29, 0.717) is 6.54 Å². The van der Waals surface area contributed by atoms with Gasteiger partial charge in [-0.3, -0.25) is 4.90 Å². The highest BCUT2D eigenvalue weighted by Crippen LogP contribution is 2.17. The minimum absolute atomic E-state index is 0.365. The standard InChI is InChI=1S/C15H19N5/c1-18-8-10-19(11-9-18)12-15-17-13-4-2-3-5-14(13)20(15)7-6-16/h2-5H,7-12H2,1H3. The van der Waals surface area contributed by atoms with Crippen molar-refractivity contribution in [2.24, 2.45) is 0 Å². The van der Waals surface area contributed by atoms with Gasteiger partial charge in [0, 0.05) is 26.2 Å². The number of hydrogen-bond acceptors (Lipinski definition) is 4. The van der Waals surface area contributed by atoms with Crippen molar-refractivity contribution in [3.05, 3.63) is 30.1 Å². The van der Waals surface area contributed by atoms with Crippen molar-refractivity contribution in [2.45, 2.75) is 13.1 Å². The number of rotatable bonds is 3. The number of nitriles is 1. The molecule has 0 amide bonds. The predicted octanol–water partition coefficient (Wildman–Crippen LogP) is 1.31. The molecule has 1 aliphatic heterocycles. The van der Waals surface area contributed by atoms with Gasteiger partial charge in [0.2, 0.25) is 0 Å². The fourth-order valence-electron chi connectivity index (χ4n) is 2.70. The lowest BCUT2D eigenvalue weighted by molar-refractivity contribution is 0.144. The number of imidazole rings is 1. The van der Waals surface area contributed by atoms with Gasteiger partial charge in [0.15, 0.2) is 0 Å². The third-order valence-electron chi connectivity index (χ3n) is 3.92. The van der Waals surface area contributed by atoms with E-state index in [0.717, 1.165) is 49.6 Å². The molecule has 1 aliphatic rings. The number of aromatic nitrogens is 2. The first kappa shape index (κ1) is 13.1. The molecule has 1 saturated heterocycles. The Morgan fingerprint density at radius 1 is 1.20 bits per heavy atom. The zero-order chi connectivity index (χ0) is 13.9. The van der Waals surface area contributed by atoms with E-state index < -0.39 is 0 Å². The fourth-order valence-corrected chi connectivity index (χ4v) is 2.70. The molecule has 0 N–H and O–H groups in total. The summed E-state index contributed by atoms with van der Waals surface area (Å²) in [6.45, 7) is 5.50. The second-order valence-electron chi connectivity index (χ2n) is 5.34. The Kier molecular flexibility index (Phi) is 3.68. The molecule has 3 rings (SSSR count). The molecule has 0 bridgehead atoms. The van der Waals surface area contributed by atoms with E-state index in [1.54, 1.807) is 0 Å². The average Bonchev–Trinajstić information content (AvgIpc) is 2.80. The zero-order valence-electron chi connectivity index (χ0n) is 11.8. The van der Waals surface area contributed by atoms with Crippen LogP contribution in [0.25, 0.3) is 11.0 Å². The number of para-hydroxylation sites is 2. The van der Waals surface area contributed by atoms with E-state index in [2.05, 4.69) is 22.9 Å². The summed E-state index contributed by atoms with van der Waals surface area (Å²) in [4.78, 5) is 9.45. The number of likely N-dealkylation sites (N-methyl/N-ethyl adjacent to an activating group) is 1. The van der Waals surface area contributed by atoms with Gasteiger partial charge in [0.25, 0.3) is 0 Å². The van der Waals surface area contributed by atoms with E-state index >= 15 is 0 Å². The first-order chi connectivity index (χ1) is 9.78. The van der Waals surface area contributed by atoms with Crippen LogP contribution < -0.4 is 0 Å². The molecule has 0 unspecified atom stereocenters. The van der Waals surface area contributed by atoms with E-state index in [4.69, 9.17) is 10.2 Å². The van der Waals surface area contributed by atoms with Crippen LogP contribution in [0.4, 0.5) is 0 Å². The first-order valence-corrected chi connectivity index (χ1v) is 7.00. The van der Waals surface area contributed by atoms with Crippen LogP contribution in [0.1, 0.15) is 5.82 Å². The van der Waals surface area contributed by atoms with Gasteiger partial charge in [-0.05, 0) is 19.2 Å². The molecular weight excluding hydrogens is 250 g/mol. The van der Waals surface area contributed by atoms with Gasteiger partial charge in [-0.25, -0.2) is 4.98 Å². The quantitative estimate of drug-likeness (QED) is 0.843. The van der Waals surface area contributed by atoms with Crippen LogP contribution in [0.3, 0.4) is 0 Å². The molecule has 1 fully saturated rings. The topological polar surface area (TPSA) is 48.1 Å². The number of fused-ring (bicyclic) bond motifs is 1. The zero-order valence-corrected chi connectivity index (χ0v) is 11.8. The van der Waals surface area contributed by atoms with Crippen molar-refractivity contribution >= 4 is 11.0 Å². The van der Waals surface area contributed by atoms with Gasteiger partial charge in [-0.15, -0.1) is 0 Å². The summed E-state index contributed by atoms with van der Waals surface area (Å²) < 4.78 is 2.04. The molecule has 20 heavy (non-hydrogen) atoms. The Morgan fingerprint density at radius 2 is 1.95 bits per heavy atom. The van der Waals surface area contributed by atoms with Crippen LogP contribution in [0.5, 0.6) is 0 Å². The summed E-state index contributed by atoms with van der Waals surface area (Å²) in [5, 5.41) is 9.04. The molecule has 1 aromatic carbocycles. The van der Waals surface area contributed by atoms with Crippen LogP contribution in [0, 0.1) is 11.3 Å². The van der Waals surface area contributed by atoms with Crippen molar-refractivity contribution < 1.29 is 0 Å². The largest absolute Gasteiger partial charge is 0.313 e. The van der Waals surface area contributed by atoms with Crippen molar-refractivity contribution in [3.8, 4) is 6.07 Å². The second-order valence-corrected chi connectivity index (χ2v) is 5.34. The normalized spacial score (nSPS) is 17.4. The fraction of sp³-hybridized carbons (Fsp3) is 0.467. The molecule has 1 aromatic heterocycles. The molecule has 5 heteroatoms. The van der Waals surface area contributed by atoms with Gasteiger partial charge in [0.1, 0.15) is 12.4 Å². The van der Waals surface area contributed by atoms with Crippen molar-refractivity contribution in [1.29, 1.82) is 5.26 Å². The highest BCUT2D eigenvalue weighted by molar-refractivity contribution is 5.76. The van der Waals surface area contributed by atoms with Crippen molar-refractivity contribution in [2.75, 3.05) is 33.2 Å². The van der Waals surface area contributed by atoms with Gasteiger partial charge >= 0.3 is 0 Å². The highest BCUT2D eigenvalue weighted by atomic mass is 15.3. The Labute approximate surface area is 119 Å². The van der Waals surface area contributed by atoms with Gasteiger partial charge in [-0.2, -0.15) is 5.26 Å². The number of nitrogens with zero attached hydrogens (tertiary/aromatic N) is 5. The summed E-state index contributed by atoms with van der Waals surface area (Å²) in [6.07, 6.45) is 0.